The lowest BCUT2D eigenvalue weighted by atomic mass is 10.2. The Kier molecular flexibility index (Phi) is 2.64. The van der Waals surface area contributed by atoms with Gasteiger partial charge in [0.2, 0.25) is 0 Å². The Morgan fingerprint density at radius 1 is 1.07 bits per heavy atom. The fourth-order valence-corrected chi connectivity index (χ4v) is 1.15. The quantitative estimate of drug-likeness (QED) is 0.797. The highest BCUT2D eigenvalue weighted by Gasteiger charge is 2.12. The monoisotopic (exact) mass is 205 g/mol. The van der Waals surface area contributed by atoms with E-state index in [9.17, 15) is 9.50 Å². The molecule has 0 amide bonds. The SMILES string of the molecule is OC(c1ccc(F)cn1)c1cnccn1. The van der Waals surface area contributed by atoms with Crippen molar-refractivity contribution in [1.82, 2.24) is 15.0 Å². The highest BCUT2D eigenvalue weighted by molar-refractivity contribution is 5.17. The van der Waals surface area contributed by atoms with Crippen molar-refractivity contribution in [2.45, 2.75) is 6.10 Å². The third-order valence-corrected chi connectivity index (χ3v) is 1.89. The number of pyridine rings is 1. The van der Waals surface area contributed by atoms with E-state index >= 15 is 0 Å². The minimum atomic E-state index is -0.973. The van der Waals surface area contributed by atoms with Crippen molar-refractivity contribution in [3.63, 3.8) is 0 Å². The van der Waals surface area contributed by atoms with Crippen LogP contribution in [0, 0.1) is 5.82 Å². The van der Waals surface area contributed by atoms with E-state index in [2.05, 4.69) is 15.0 Å². The van der Waals surface area contributed by atoms with Gasteiger partial charge in [-0.3, -0.25) is 15.0 Å². The van der Waals surface area contributed by atoms with Gasteiger partial charge in [-0.2, -0.15) is 0 Å². The summed E-state index contributed by atoms with van der Waals surface area (Å²) in [6.07, 6.45) is 4.50. The molecule has 0 bridgehead atoms. The van der Waals surface area contributed by atoms with Crippen LogP contribution in [0.1, 0.15) is 17.5 Å². The molecule has 0 saturated heterocycles. The molecule has 0 saturated carbocycles. The van der Waals surface area contributed by atoms with Crippen LogP contribution in [0.5, 0.6) is 0 Å². The van der Waals surface area contributed by atoms with Crippen LogP contribution in [0.25, 0.3) is 0 Å². The molecule has 4 nitrogen and oxygen atoms in total. The van der Waals surface area contributed by atoms with Gasteiger partial charge in [0.05, 0.1) is 23.8 Å². The minimum Gasteiger partial charge on any atom is -0.380 e. The van der Waals surface area contributed by atoms with E-state index in [4.69, 9.17) is 0 Å². The summed E-state index contributed by atoms with van der Waals surface area (Å²) in [5.41, 5.74) is 0.730. The predicted octanol–water partition coefficient (Wildman–Crippen LogP) is 1.09. The average molecular weight is 205 g/mol. The first-order chi connectivity index (χ1) is 7.27. The highest BCUT2D eigenvalue weighted by atomic mass is 19.1. The van der Waals surface area contributed by atoms with Gasteiger partial charge in [-0.25, -0.2) is 4.39 Å². The second kappa shape index (κ2) is 4.10. The standard InChI is InChI=1S/C10H8FN3O/c11-7-1-2-8(14-5-7)10(15)9-6-12-3-4-13-9/h1-6,10,15H. The Hall–Kier alpha value is -1.88. The number of halogens is 1. The molecule has 0 fully saturated rings. The number of aliphatic hydroxyl groups excluding tert-OH is 1. The van der Waals surface area contributed by atoms with Crippen LogP contribution in [-0.4, -0.2) is 20.1 Å². The first kappa shape index (κ1) is 9.67. The molecule has 2 rings (SSSR count). The molecule has 0 aliphatic rings. The Morgan fingerprint density at radius 3 is 2.53 bits per heavy atom. The first-order valence-corrected chi connectivity index (χ1v) is 4.33. The maximum absolute atomic E-state index is 12.6. The number of rotatable bonds is 2. The van der Waals surface area contributed by atoms with Gasteiger partial charge in [0.15, 0.2) is 0 Å². The van der Waals surface area contributed by atoms with Crippen LogP contribution < -0.4 is 0 Å². The van der Waals surface area contributed by atoms with E-state index in [1.165, 1.54) is 30.7 Å². The summed E-state index contributed by atoms with van der Waals surface area (Å²) in [5, 5.41) is 9.80. The Labute approximate surface area is 85.5 Å². The van der Waals surface area contributed by atoms with Crippen molar-refractivity contribution in [1.29, 1.82) is 0 Å². The van der Waals surface area contributed by atoms with E-state index < -0.39 is 11.9 Å². The lowest BCUT2D eigenvalue weighted by Gasteiger charge is -2.07. The fourth-order valence-electron chi connectivity index (χ4n) is 1.15. The third-order valence-electron chi connectivity index (χ3n) is 1.89. The van der Waals surface area contributed by atoms with E-state index in [0.29, 0.717) is 11.4 Å². The summed E-state index contributed by atoms with van der Waals surface area (Å²) in [5.74, 6) is -0.440. The van der Waals surface area contributed by atoms with Gasteiger partial charge in [-0.05, 0) is 12.1 Å². The molecule has 5 heteroatoms. The zero-order chi connectivity index (χ0) is 10.7. The number of aliphatic hydroxyl groups is 1. The first-order valence-electron chi connectivity index (χ1n) is 4.33. The van der Waals surface area contributed by atoms with Crippen LogP contribution in [0.4, 0.5) is 4.39 Å². The predicted molar refractivity (Wildman–Crippen MR) is 50.3 cm³/mol. The van der Waals surface area contributed by atoms with Crippen molar-refractivity contribution in [2.24, 2.45) is 0 Å². The summed E-state index contributed by atoms with van der Waals surface area (Å²) in [7, 11) is 0. The van der Waals surface area contributed by atoms with Gasteiger partial charge in [0, 0.05) is 12.4 Å². The van der Waals surface area contributed by atoms with Crippen LogP contribution in [0.15, 0.2) is 36.9 Å². The summed E-state index contributed by atoms with van der Waals surface area (Å²) in [6, 6.07) is 2.65. The van der Waals surface area contributed by atoms with Crippen molar-refractivity contribution in [2.75, 3.05) is 0 Å². The molecule has 0 aromatic carbocycles. The van der Waals surface area contributed by atoms with Crippen LogP contribution >= 0.6 is 0 Å². The zero-order valence-electron chi connectivity index (χ0n) is 7.71. The van der Waals surface area contributed by atoms with E-state index in [1.807, 2.05) is 0 Å². The summed E-state index contributed by atoms with van der Waals surface area (Å²) < 4.78 is 12.6. The topological polar surface area (TPSA) is 58.9 Å². The smallest absolute Gasteiger partial charge is 0.141 e. The van der Waals surface area contributed by atoms with Gasteiger partial charge in [0.25, 0.3) is 0 Å². The third kappa shape index (κ3) is 2.13. The average Bonchev–Trinajstić information content (AvgIpc) is 2.30. The molecular weight excluding hydrogens is 197 g/mol. The van der Waals surface area contributed by atoms with Gasteiger partial charge in [-0.15, -0.1) is 0 Å². The summed E-state index contributed by atoms with van der Waals surface area (Å²) >= 11 is 0. The summed E-state index contributed by atoms with van der Waals surface area (Å²) in [4.78, 5) is 11.5. The van der Waals surface area contributed by atoms with Crippen LogP contribution in [-0.2, 0) is 0 Å². The zero-order valence-corrected chi connectivity index (χ0v) is 7.71. The van der Waals surface area contributed by atoms with Crippen molar-refractivity contribution in [3.05, 3.63) is 54.1 Å². The van der Waals surface area contributed by atoms with Gasteiger partial charge in [-0.1, -0.05) is 0 Å². The van der Waals surface area contributed by atoms with Crippen molar-refractivity contribution in [3.8, 4) is 0 Å². The summed E-state index contributed by atoms with van der Waals surface area (Å²) in [6.45, 7) is 0. The normalized spacial score (nSPS) is 12.4. The van der Waals surface area contributed by atoms with E-state index in [-0.39, 0.29) is 0 Å². The second-order valence-corrected chi connectivity index (χ2v) is 2.93. The van der Waals surface area contributed by atoms with Crippen LogP contribution in [0.2, 0.25) is 0 Å². The molecule has 76 valence electrons. The molecule has 0 aliphatic carbocycles. The Bertz CT molecular complexity index is 432. The second-order valence-electron chi connectivity index (χ2n) is 2.93. The molecule has 2 aromatic heterocycles. The molecule has 1 atom stereocenters. The van der Waals surface area contributed by atoms with Gasteiger partial charge < -0.3 is 5.11 Å². The van der Waals surface area contributed by atoms with E-state index in [1.54, 1.807) is 0 Å². The largest absolute Gasteiger partial charge is 0.380 e. The molecule has 0 radical (unpaired) electrons. The molecular formula is C10H8FN3O. The van der Waals surface area contributed by atoms with Crippen LogP contribution in [0.3, 0.4) is 0 Å². The maximum atomic E-state index is 12.6. The minimum absolute atomic E-state index is 0.344. The Balaban J connectivity index is 2.29. The van der Waals surface area contributed by atoms with Gasteiger partial charge >= 0.3 is 0 Å². The Morgan fingerprint density at radius 2 is 1.93 bits per heavy atom. The number of hydrogen-bond donors (Lipinski definition) is 1. The lowest BCUT2D eigenvalue weighted by molar-refractivity contribution is 0.209. The maximum Gasteiger partial charge on any atom is 0.141 e. The fraction of sp³-hybridized carbons (Fsp3) is 0.100. The van der Waals surface area contributed by atoms with Crippen molar-refractivity contribution >= 4 is 0 Å². The molecule has 0 spiro atoms. The number of nitrogens with zero attached hydrogens (tertiary/aromatic N) is 3. The highest BCUT2D eigenvalue weighted by Crippen LogP contribution is 2.16. The molecule has 2 heterocycles. The van der Waals surface area contributed by atoms with Crippen molar-refractivity contribution < 1.29 is 9.50 Å². The molecule has 1 unspecified atom stereocenters. The number of aromatic nitrogens is 3. The molecule has 0 aliphatic heterocycles. The molecule has 2 aromatic rings. The number of hydrogen-bond acceptors (Lipinski definition) is 4. The molecule has 15 heavy (non-hydrogen) atoms. The molecule has 1 N–H and O–H groups in total. The lowest BCUT2D eigenvalue weighted by Crippen LogP contribution is -2.04. The van der Waals surface area contributed by atoms with E-state index in [0.717, 1.165) is 6.20 Å². The van der Waals surface area contributed by atoms with Gasteiger partial charge in [0.1, 0.15) is 11.9 Å².